The van der Waals surface area contributed by atoms with Crippen molar-refractivity contribution in [2.24, 2.45) is 0 Å². The fraction of sp³-hybridized carbons (Fsp3) is 0.500. The van der Waals surface area contributed by atoms with Crippen molar-refractivity contribution in [2.75, 3.05) is 44.0 Å². The van der Waals surface area contributed by atoms with Crippen LogP contribution < -0.4 is 15.3 Å². The fourth-order valence-corrected chi connectivity index (χ4v) is 2.89. The van der Waals surface area contributed by atoms with E-state index in [1.165, 1.54) is 9.80 Å². The molecule has 0 spiro atoms. The Balaban J connectivity index is 2.38. The number of ether oxygens (including phenoxy) is 1. The molecule has 1 heterocycles. The molecule has 2 amide bonds. The topological polar surface area (TPSA) is 89.9 Å². The summed E-state index contributed by atoms with van der Waals surface area (Å²) in [6.45, 7) is 2.61. The number of hydrogen-bond acceptors (Lipinski definition) is 5. The van der Waals surface area contributed by atoms with Crippen LogP contribution in [0.1, 0.15) is 13.3 Å². The number of hydrogen-bond donors (Lipinski definition) is 2. The first-order chi connectivity index (χ1) is 11.4. The molecule has 1 aromatic rings. The highest BCUT2D eigenvalue weighted by atomic mass is 16.6. The Kier molecular flexibility index (Phi) is 5.30. The third kappa shape index (κ3) is 3.44. The molecule has 0 bridgehead atoms. The summed E-state index contributed by atoms with van der Waals surface area (Å²) in [4.78, 5) is 28.5. The quantitative estimate of drug-likeness (QED) is 0.430. The molecule has 132 valence electrons. The maximum atomic E-state index is 11.8. The molecular weight excluding hydrogens is 312 g/mol. The van der Waals surface area contributed by atoms with Crippen molar-refractivity contribution < 1.29 is 25.0 Å². The lowest BCUT2D eigenvalue weighted by atomic mass is 9.99. The monoisotopic (exact) mass is 337 g/mol. The van der Waals surface area contributed by atoms with Crippen LogP contribution in [0.3, 0.4) is 0 Å². The van der Waals surface area contributed by atoms with Crippen molar-refractivity contribution in [1.82, 2.24) is 4.90 Å². The molecule has 1 aromatic carbocycles. The van der Waals surface area contributed by atoms with Gasteiger partial charge in [0.1, 0.15) is 5.60 Å². The number of benzene rings is 1. The summed E-state index contributed by atoms with van der Waals surface area (Å²) in [6.07, 6.45) is 0.941. The molecular formula is C16H25N4O4+. The number of rotatable bonds is 7. The van der Waals surface area contributed by atoms with Gasteiger partial charge in [-0.15, -0.1) is 0 Å². The van der Waals surface area contributed by atoms with Gasteiger partial charge >= 0.3 is 6.09 Å². The van der Waals surface area contributed by atoms with Crippen LogP contribution in [-0.4, -0.2) is 62.4 Å². The van der Waals surface area contributed by atoms with Crippen LogP contribution in [0.25, 0.3) is 0 Å². The molecule has 0 aromatic heterocycles. The van der Waals surface area contributed by atoms with E-state index in [2.05, 4.69) is 0 Å². The third-order valence-electron chi connectivity index (χ3n) is 4.31. The van der Waals surface area contributed by atoms with E-state index in [4.69, 9.17) is 4.74 Å². The smallest absolute Gasteiger partial charge is 0.410 e. The number of carbonyl (C=O) groups excluding carboxylic acids is 2. The predicted molar refractivity (Wildman–Crippen MR) is 89.7 cm³/mol. The average molecular weight is 337 g/mol. The first-order valence-electron chi connectivity index (χ1n) is 7.80. The fourth-order valence-electron chi connectivity index (χ4n) is 2.89. The van der Waals surface area contributed by atoms with E-state index < -0.39 is 5.60 Å². The summed E-state index contributed by atoms with van der Waals surface area (Å²) >= 11 is 0. The molecule has 2 rings (SSSR count). The number of anilines is 2. The normalized spacial score (nSPS) is 20.0. The molecule has 1 fully saturated rings. The van der Waals surface area contributed by atoms with Gasteiger partial charge in [-0.1, -0.05) is 6.92 Å². The van der Waals surface area contributed by atoms with E-state index in [1.807, 2.05) is 32.0 Å². The van der Waals surface area contributed by atoms with Crippen LogP contribution in [0.4, 0.5) is 21.9 Å². The van der Waals surface area contributed by atoms with Gasteiger partial charge in [0.25, 0.3) is 0 Å². The van der Waals surface area contributed by atoms with Gasteiger partial charge in [0.15, 0.2) is 5.69 Å². The van der Waals surface area contributed by atoms with Crippen molar-refractivity contribution in [3.8, 4) is 0 Å². The Hall–Kier alpha value is -2.32. The first-order valence-corrected chi connectivity index (χ1v) is 7.80. The molecule has 1 aliphatic rings. The largest absolute Gasteiger partial charge is 0.439 e. The highest BCUT2D eigenvalue weighted by molar-refractivity contribution is 5.85. The number of amides is 2. The number of nitrogens with two attached hydrogens (primary N) is 1. The summed E-state index contributed by atoms with van der Waals surface area (Å²) in [6, 6.07) is 5.33. The summed E-state index contributed by atoms with van der Waals surface area (Å²) < 4.78 is 5.54. The predicted octanol–water partition coefficient (Wildman–Crippen LogP) is 0.530. The lowest BCUT2D eigenvalue weighted by Gasteiger charge is -2.32. The molecule has 1 aliphatic heterocycles. The highest BCUT2D eigenvalue weighted by Gasteiger charge is 2.44. The van der Waals surface area contributed by atoms with E-state index in [1.54, 1.807) is 19.2 Å². The molecule has 1 unspecified atom stereocenters. The van der Waals surface area contributed by atoms with Gasteiger partial charge in [0.05, 0.1) is 24.5 Å². The van der Waals surface area contributed by atoms with Gasteiger partial charge < -0.3 is 19.4 Å². The van der Waals surface area contributed by atoms with Crippen molar-refractivity contribution in [1.29, 1.82) is 0 Å². The highest BCUT2D eigenvalue weighted by Crippen LogP contribution is 2.33. The zero-order valence-corrected chi connectivity index (χ0v) is 14.5. The second kappa shape index (κ2) is 7.06. The van der Waals surface area contributed by atoms with E-state index in [0.717, 1.165) is 17.6 Å². The van der Waals surface area contributed by atoms with Crippen molar-refractivity contribution in [2.45, 2.75) is 18.9 Å². The van der Waals surface area contributed by atoms with Gasteiger partial charge in [-0.05, 0) is 12.5 Å². The van der Waals surface area contributed by atoms with Crippen LogP contribution in [0, 0.1) is 0 Å². The first kappa shape index (κ1) is 18.0. The lowest BCUT2D eigenvalue weighted by molar-refractivity contribution is -0.825. The molecule has 3 N–H and O–H groups in total. The molecule has 1 saturated heterocycles. The van der Waals surface area contributed by atoms with Crippen LogP contribution >= 0.6 is 0 Å². The van der Waals surface area contributed by atoms with Crippen LogP contribution in [0.5, 0.6) is 0 Å². The van der Waals surface area contributed by atoms with Crippen molar-refractivity contribution >= 4 is 29.6 Å². The van der Waals surface area contributed by atoms with Gasteiger partial charge in [-0.25, -0.2) is 10.0 Å². The van der Waals surface area contributed by atoms with Crippen molar-refractivity contribution in [3.63, 3.8) is 0 Å². The van der Waals surface area contributed by atoms with E-state index in [0.29, 0.717) is 24.3 Å². The van der Waals surface area contributed by atoms with Gasteiger partial charge in [-0.2, -0.15) is 5.48 Å². The van der Waals surface area contributed by atoms with Crippen LogP contribution in [0.15, 0.2) is 18.2 Å². The molecule has 8 nitrogen and oxygen atoms in total. The van der Waals surface area contributed by atoms with Crippen molar-refractivity contribution in [3.05, 3.63) is 18.2 Å². The number of quaternary nitrogens is 1. The molecule has 0 radical (unpaired) electrons. The summed E-state index contributed by atoms with van der Waals surface area (Å²) in [5, 5.41) is 9.28. The SMILES string of the molecule is CCC1(CN(C=O)c2cc([NH2+]O)ccc2N(C)C)CN(C)C(=O)O1. The maximum Gasteiger partial charge on any atom is 0.410 e. The Bertz CT molecular complexity index is 622. The molecule has 0 saturated carbocycles. The Morgan fingerprint density at radius 3 is 2.58 bits per heavy atom. The Morgan fingerprint density at radius 1 is 1.42 bits per heavy atom. The van der Waals surface area contributed by atoms with E-state index in [-0.39, 0.29) is 12.6 Å². The number of carbonyl (C=O) groups is 2. The number of nitrogens with zero attached hydrogens (tertiary/aromatic N) is 3. The van der Waals surface area contributed by atoms with Gasteiger partial charge in [0.2, 0.25) is 6.41 Å². The maximum absolute atomic E-state index is 11.8. The molecule has 8 heteroatoms. The van der Waals surface area contributed by atoms with Gasteiger partial charge in [0, 0.05) is 33.3 Å². The molecule has 24 heavy (non-hydrogen) atoms. The number of cyclic esters (lactones) is 1. The summed E-state index contributed by atoms with van der Waals surface area (Å²) in [5.74, 6) is 0. The lowest BCUT2D eigenvalue weighted by Crippen LogP contribution is -2.73. The summed E-state index contributed by atoms with van der Waals surface area (Å²) in [7, 11) is 5.43. The van der Waals surface area contributed by atoms with Gasteiger partial charge in [-0.3, -0.25) is 4.79 Å². The minimum absolute atomic E-state index is 0.249. The third-order valence-corrected chi connectivity index (χ3v) is 4.31. The summed E-state index contributed by atoms with van der Waals surface area (Å²) in [5.41, 5.74) is 2.32. The van der Waals surface area contributed by atoms with E-state index in [9.17, 15) is 14.8 Å². The zero-order chi connectivity index (χ0) is 17.9. The number of likely N-dealkylation sites (N-methyl/N-ethyl adjacent to an activating group) is 1. The van der Waals surface area contributed by atoms with Crippen LogP contribution in [-0.2, 0) is 9.53 Å². The average Bonchev–Trinajstić information content (AvgIpc) is 2.86. The zero-order valence-electron chi connectivity index (χ0n) is 14.5. The Morgan fingerprint density at radius 2 is 2.12 bits per heavy atom. The minimum Gasteiger partial charge on any atom is -0.439 e. The minimum atomic E-state index is -0.741. The molecule has 0 aliphatic carbocycles. The Labute approximate surface area is 141 Å². The standard InChI is InChI=1S/C16H24N4O4/c1-5-16(9-19(4)15(22)24-16)10-20(11-21)14-8-12(17-23)6-7-13(14)18(2)3/h6-8,11,17,23H,5,9-10H2,1-4H3/p+1. The second-order valence-corrected chi connectivity index (χ2v) is 6.27. The van der Waals surface area contributed by atoms with Crippen LogP contribution in [0.2, 0.25) is 0 Å². The molecule has 1 atom stereocenters. The second-order valence-electron chi connectivity index (χ2n) is 6.27. The van der Waals surface area contributed by atoms with E-state index >= 15 is 0 Å².